The van der Waals surface area contributed by atoms with Gasteiger partial charge in [-0.3, -0.25) is 0 Å². The molecule has 2 atom stereocenters. The largest absolute Gasteiger partial charge is 0.497 e. The third-order valence-corrected chi connectivity index (χ3v) is 4.97. The van der Waals surface area contributed by atoms with Gasteiger partial charge in [-0.05, 0) is 55.4 Å². The standard InChI is InChI=1S/C18H26N2O3/c1-23-16-7-8-17-13(10-16)4-2-5-14(17)11-19-18(22)20-9-3-6-15(21)12-20/h7-8,10,14-15,21H,2-6,9,11-12H2,1H3,(H,19,22)/t14-,15-/m1/s1. The molecule has 23 heavy (non-hydrogen) atoms. The number of carbonyl (C=O) groups excluding carboxylic acids is 1. The number of urea groups is 1. The van der Waals surface area contributed by atoms with Crippen LogP contribution < -0.4 is 10.1 Å². The van der Waals surface area contributed by atoms with E-state index in [-0.39, 0.29) is 12.1 Å². The van der Waals surface area contributed by atoms with Crippen LogP contribution >= 0.6 is 0 Å². The molecule has 2 N–H and O–H groups in total. The zero-order chi connectivity index (χ0) is 16.2. The maximum atomic E-state index is 12.3. The minimum absolute atomic E-state index is 0.0515. The van der Waals surface area contributed by atoms with E-state index in [0.29, 0.717) is 19.0 Å². The minimum Gasteiger partial charge on any atom is -0.497 e. The number of aliphatic hydroxyl groups excluding tert-OH is 1. The van der Waals surface area contributed by atoms with Gasteiger partial charge in [0.15, 0.2) is 0 Å². The van der Waals surface area contributed by atoms with Gasteiger partial charge < -0.3 is 20.1 Å². The molecule has 1 fully saturated rings. The first-order valence-corrected chi connectivity index (χ1v) is 8.55. The fourth-order valence-corrected chi connectivity index (χ4v) is 3.69. The molecule has 0 unspecified atom stereocenters. The Kier molecular flexibility index (Phi) is 5.06. The Hall–Kier alpha value is -1.75. The molecule has 1 aromatic carbocycles. The summed E-state index contributed by atoms with van der Waals surface area (Å²) in [5, 5.41) is 12.7. The molecule has 1 aliphatic carbocycles. The number of carbonyl (C=O) groups is 1. The van der Waals surface area contributed by atoms with Crippen molar-refractivity contribution < 1.29 is 14.6 Å². The Bertz CT molecular complexity index is 561. The third kappa shape index (κ3) is 3.78. The fraction of sp³-hybridized carbons (Fsp3) is 0.611. The second kappa shape index (κ2) is 7.21. The fourth-order valence-electron chi connectivity index (χ4n) is 3.69. The van der Waals surface area contributed by atoms with Gasteiger partial charge >= 0.3 is 6.03 Å². The Balaban J connectivity index is 1.60. The molecule has 0 spiro atoms. The number of benzene rings is 1. The monoisotopic (exact) mass is 318 g/mol. The van der Waals surface area contributed by atoms with E-state index in [1.165, 1.54) is 11.1 Å². The predicted octanol–water partition coefficient (Wildman–Crippen LogP) is 2.28. The number of methoxy groups -OCH3 is 1. The normalized spacial score (nSPS) is 24.0. The summed E-state index contributed by atoms with van der Waals surface area (Å²) in [6.07, 6.45) is 4.61. The number of nitrogens with zero attached hydrogens (tertiary/aromatic N) is 1. The Morgan fingerprint density at radius 2 is 2.26 bits per heavy atom. The van der Waals surface area contributed by atoms with E-state index in [4.69, 9.17) is 4.74 Å². The van der Waals surface area contributed by atoms with Crippen LogP contribution in [0.3, 0.4) is 0 Å². The van der Waals surface area contributed by atoms with E-state index in [1.54, 1.807) is 12.0 Å². The number of aliphatic hydroxyl groups is 1. The molecule has 5 heteroatoms. The van der Waals surface area contributed by atoms with Crippen LogP contribution in [-0.4, -0.2) is 48.9 Å². The van der Waals surface area contributed by atoms with Gasteiger partial charge in [0.2, 0.25) is 0 Å². The van der Waals surface area contributed by atoms with Crippen molar-refractivity contribution in [3.05, 3.63) is 29.3 Å². The number of hydrogen-bond donors (Lipinski definition) is 2. The predicted molar refractivity (Wildman–Crippen MR) is 88.9 cm³/mol. The zero-order valence-electron chi connectivity index (χ0n) is 13.8. The molecular weight excluding hydrogens is 292 g/mol. The highest BCUT2D eigenvalue weighted by atomic mass is 16.5. The number of aryl methyl sites for hydroxylation is 1. The molecule has 1 saturated heterocycles. The van der Waals surface area contributed by atoms with Crippen LogP contribution in [0.4, 0.5) is 4.79 Å². The lowest BCUT2D eigenvalue weighted by Gasteiger charge is -2.31. The van der Waals surface area contributed by atoms with Crippen molar-refractivity contribution in [3.63, 3.8) is 0 Å². The number of β-amino-alcohol motifs (C(OH)–C–C–N with tert-alkyl or cyclic N) is 1. The molecule has 2 amide bonds. The Labute approximate surface area is 137 Å². The third-order valence-electron chi connectivity index (χ3n) is 4.97. The van der Waals surface area contributed by atoms with E-state index in [2.05, 4.69) is 17.4 Å². The Morgan fingerprint density at radius 3 is 3.04 bits per heavy atom. The van der Waals surface area contributed by atoms with Crippen molar-refractivity contribution in [3.8, 4) is 5.75 Å². The van der Waals surface area contributed by atoms with E-state index in [9.17, 15) is 9.90 Å². The average Bonchev–Trinajstić information content (AvgIpc) is 2.59. The summed E-state index contributed by atoms with van der Waals surface area (Å²) in [6, 6.07) is 6.20. The molecule has 5 nitrogen and oxygen atoms in total. The number of ether oxygens (including phenoxy) is 1. The smallest absolute Gasteiger partial charge is 0.317 e. The lowest BCUT2D eigenvalue weighted by atomic mass is 9.82. The lowest BCUT2D eigenvalue weighted by Crippen LogP contribution is -2.48. The van der Waals surface area contributed by atoms with Crippen molar-refractivity contribution in [2.75, 3.05) is 26.7 Å². The van der Waals surface area contributed by atoms with Crippen LogP contribution in [0.25, 0.3) is 0 Å². The quantitative estimate of drug-likeness (QED) is 0.899. The maximum absolute atomic E-state index is 12.3. The molecule has 0 bridgehead atoms. The SMILES string of the molecule is COc1ccc2c(c1)CCC[C@@H]2CNC(=O)N1CCC[C@@H](O)C1. The molecule has 0 saturated carbocycles. The van der Waals surface area contributed by atoms with Gasteiger partial charge in [-0.15, -0.1) is 0 Å². The van der Waals surface area contributed by atoms with Crippen LogP contribution in [-0.2, 0) is 6.42 Å². The van der Waals surface area contributed by atoms with Gasteiger partial charge in [0.1, 0.15) is 5.75 Å². The highest BCUT2D eigenvalue weighted by molar-refractivity contribution is 5.74. The van der Waals surface area contributed by atoms with Gasteiger partial charge in [-0.1, -0.05) is 6.07 Å². The summed E-state index contributed by atoms with van der Waals surface area (Å²) in [7, 11) is 1.69. The average molecular weight is 318 g/mol. The van der Waals surface area contributed by atoms with E-state index in [1.807, 2.05) is 6.07 Å². The molecule has 0 radical (unpaired) electrons. The second-order valence-electron chi connectivity index (χ2n) is 6.58. The first kappa shape index (κ1) is 16.1. The van der Waals surface area contributed by atoms with Gasteiger partial charge in [-0.2, -0.15) is 0 Å². The van der Waals surface area contributed by atoms with E-state index < -0.39 is 0 Å². The summed E-state index contributed by atoms with van der Waals surface area (Å²) in [6.45, 7) is 1.84. The number of likely N-dealkylation sites (tertiary alicyclic amines) is 1. The van der Waals surface area contributed by atoms with Crippen molar-refractivity contribution in [2.24, 2.45) is 0 Å². The lowest BCUT2D eigenvalue weighted by molar-refractivity contribution is 0.0841. The Morgan fingerprint density at radius 1 is 1.39 bits per heavy atom. The molecule has 1 heterocycles. The summed E-state index contributed by atoms with van der Waals surface area (Å²) in [4.78, 5) is 14.0. The van der Waals surface area contributed by atoms with E-state index in [0.717, 1.165) is 44.4 Å². The number of hydrogen-bond acceptors (Lipinski definition) is 3. The molecule has 126 valence electrons. The van der Waals surface area contributed by atoms with Gasteiger partial charge in [0.25, 0.3) is 0 Å². The van der Waals surface area contributed by atoms with Crippen molar-refractivity contribution in [1.82, 2.24) is 10.2 Å². The minimum atomic E-state index is -0.377. The first-order chi connectivity index (χ1) is 11.2. The van der Waals surface area contributed by atoms with Crippen LogP contribution in [0.15, 0.2) is 18.2 Å². The topological polar surface area (TPSA) is 61.8 Å². The number of piperidine rings is 1. The summed E-state index contributed by atoms with van der Waals surface area (Å²) >= 11 is 0. The second-order valence-corrected chi connectivity index (χ2v) is 6.58. The highest BCUT2D eigenvalue weighted by Gasteiger charge is 2.24. The molecular formula is C18H26N2O3. The van der Waals surface area contributed by atoms with Crippen LogP contribution in [0, 0.1) is 0 Å². The molecule has 1 aliphatic heterocycles. The van der Waals surface area contributed by atoms with Crippen LogP contribution in [0.2, 0.25) is 0 Å². The van der Waals surface area contributed by atoms with Gasteiger partial charge in [0, 0.05) is 25.6 Å². The number of fused-ring (bicyclic) bond motifs is 1. The summed E-state index contributed by atoms with van der Waals surface area (Å²) in [5.41, 5.74) is 2.67. The maximum Gasteiger partial charge on any atom is 0.317 e. The molecule has 1 aromatic rings. The molecule has 3 rings (SSSR count). The first-order valence-electron chi connectivity index (χ1n) is 8.55. The van der Waals surface area contributed by atoms with E-state index >= 15 is 0 Å². The van der Waals surface area contributed by atoms with Crippen LogP contribution in [0.1, 0.15) is 42.7 Å². The van der Waals surface area contributed by atoms with Gasteiger partial charge in [-0.25, -0.2) is 4.79 Å². The number of nitrogens with one attached hydrogen (secondary N) is 1. The summed E-state index contributed by atoms with van der Waals surface area (Å²) in [5.74, 6) is 1.26. The van der Waals surface area contributed by atoms with Crippen LogP contribution in [0.5, 0.6) is 5.75 Å². The van der Waals surface area contributed by atoms with Crippen molar-refractivity contribution in [1.29, 1.82) is 0 Å². The zero-order valence-corrected chi connectivity index (χ0v) is 13.8. The van der Waals surface area contributed by atoms with Crippen molar-refractivity contribution in [2.45, 2.75) is 44.1 Å². The summed E-state index contributed by atoms with van der Waals surface area (Å²) < 4.78 is 5.30. The molecule has 2 aliphatic rings. The van der Waals surface area contributed by atoms with Crippen molar-refractivity contribution >= 4 is 6.03 Å². The highest BCUT2D eigenvalue weighted by Crippen LogP contribution is 2.33. The number of rotatable bonds is 3. The number of amides is 2. The van der Waals surface area contributed by atoms with Gasteiger partial charge in [0.05, 0.1) is 13.2 Å². The molecule has 0 aromatic heterocycles.